The molecule has 17 heavy (non-hydrogen) atoms. The van der Waals surface area contributed by atoms with Crippen LogP contribution in [0.1, 0.15) is 16.8 Å². The van der Waals surface area contributed by atoms with E-state index in [9.17, 15) is 13.2 Å². The average Bonchev–Trinajstić information content (AvgIpc) is 2.57. The molecule has 1 aliphatic heterocycles. The summed E-state index contributed by atoms with van der Waals surface area (Å²) in [5, 5.41) is 8.85. The first-order valence-electron chi connectivity index (χ1n) is 4.95. The zero-order valence-electron chi connectivity index (χ0n) is 8.76. The Morgan fingerprint density at radius 1 is 1.41 bits per heavy atom. The molecule has 2 rings (SSSR count). The van der Waals surface area contributed by atoms with Crippen LogP contribution in [-0.2, 0) is 10.0 Å². The highest BCUT2D eigenvalue weighted by Crippen LogP contribution is 2.28. The smallest absolute Gasteiger partial charge is 0.337 e. The van der Waals surface area contributed by atoms with Crippen LogP contribution in [0.4, 0.5) is 5.69 Å². The lowest BCUT2D eigenvalue weighted by Crippen LogP contribution is -2.25. The Hall–Kier alpha value is -1.27. The largest absolute Gasteiger partial charge is 0.478 e. The van der Waals surface area contributed by atoms with Crippen LogP contribution >= 0.6 is 11.6 Å². The molecule has 0 spiro atoms. The van der Waals surface area contributed by atoms with Crippen LogP contribution in [0, 0.1) is 0 Å². The second-order valence-electron chi connectivity index (χ2n) is 3.71. The van der Waals surface area contributed by atoms with Crippen LogP contribution in [0.25, 0.3) is 0 Å². The Balaban J connectivity index is 2.42. The Bertz CT molecular complexity index is 570. The van der Waals surface area contributed by atoms with Gasteiger partial charge in [0.1, 0.15) is 0 Å². The second kappa shape index (κ2) is 4.19. The number of hydrogen-bond acceptors (Lipinski definition) is 3. The maximum atomic E-state index is 11.7. The minimum atomic E-state index is -3.26. The summed E-state index contributed by atoms with van der Waals surface area (Å²) < 4.78 is 24.6. The zero-order valence-corrected chi connectivity index (χ0v) is 10.3. The molecule has 5 nitrogen and oxygen atoms in total. The zero-order chi connectivity index (χ0) is 12.6. The predicted octanol–water partition coefficient (Wildman–Crippen LogP) is 1.58. The second-order valence-corrected chi connectivity index (χ2v) is 6.13. The first-order chi connectivity index (χ1) is 7.92. The van der Waals surface area contributed by atoms with E-state index in [1.165, 1.54) is 22.5 Å². The quantitative estimate of drug-likeness (QED) is 0.889. The maximum absolute atomic E-state index is 11.7. The van der Waals surface area contributed by atoms with Crippen LogP contribution < -0.4 is 4.31 Å². The molecule has 0 atom stereocenters. The Kier molecular flexibility index (Phi) is 3.01. The van der Waals surface area contributed by atoms with Crippen molar-refractivity contribution in [3.8, 4) is 0 Å². The van der Waals surface area contributed by atoms with Crippen LogP contribution in [0.5, 0.6) is 0 Å². The summed E-state index contributed by atoms with van der Waals surface area (Å²) in [4.78, 5) is 10.8. The molecule has 1 fully saturated rings. The van der Waals surface area contributed by atoms with E-state index in [0.29, 0.717) is 18.7 Å². The first-order valence-corrected chi connectivity index (χ1v) is 6.94. The summed E-state index contributed by atoms with van der Waals surface area (Å²) in [5.74, 6) is -1.02. The fraction of sp³-hybridized carbons (Fsp3) is 0.300. The van der Waals surface area contributed by atoms with Crippen LogP contribution in [-0.4, -0.2) is 31.8 Å². The Labute approximate surface area is 104 Å². The van der Waals surface area contributed by atoms with E-state index < -0.39 is 16.0 Å². The van der Waals surface area contributed by atoms with Crippen molar-refractivity contribution in [3.05, 3.63) is 28.8 Å². The molecule has 7 heteroatoms. The number of anilines is 1. The lowest BCUT2D eigenvalue weighted by Gasteiger charge is -2.17. The summed E-state index contributed by atoms with van der Waals surface area (Å²) in [6, 6.07) is 4.14. The molecule has 1 saturated heterocycles. The summed E-state index contributed by atoms with van der Waals surface area (Å²) in [6.07, 6.45) is 0.570. The van der Waals surface area contributed by atoms with Crippen molar-refractivity contribution in [2.45, 2.75) is 6.42 Å². The number of sulfonamides is 1. The van der Waals surface area contributed by atoms with Gasteiger partial charge in [-0.25, -0.2) is 13.2 Å². The Morgan fingerprint density at radius 2 is 2.12 bits per heavy atom. The third-order valence-corrected chi connectivity index (χ3v) is 4.75. The Morgan fingerprint density at radius 3 is 2.59 bits per heavy atom. The van der Waals surface area contributed by atoms with Crippen molar-refractivity contribution in [3.63, 3.8) is 0 Å². The highest BCUT2D eigenvalue weighted by Gasteiger charge is 2.28. The standard InChI is InChI=1S/C10H10ClNO4S/c11-9-6-7(2-3-8(9)10(13)14)12-4-1-5-17(12,15)16/h2-3,6H,1,4-5H2,(H,13,14). The molecule has 0 amide bonds. The fourth-order valence-corrected chi connectivity index (χ4v) is 3.57. The van der Waals surface area contributed by atoms with Gasteiger partial charge in [-0.15, -0.1) is 0 Å². The van der Waals surface area contributed by atoms with E-state index in [1.54, 1.807) is 0 Å². The number of rotatable bonds is 2. The number of nitrogens with zero attached hydrogens (tertiary/aromatic N) is 1. The number of carboxylic acids is 1. The van der Waals surface area contributed by atoms with E-state index in [-0.39, 0.29) is 16.3 Å². The van der Waals surface area contributed by atoms with Crippen molar-refractivity contribution in [2.24, 2.45) is 0 Å². The predicted molar refractivity (Wildman–Crippen MR) is 64.2 cm³/mol. The molecule has 0 bridgehead atoms. The van der Waals surface area contributed by atoms with Crippen molar-refractivity contribution < 1.29 is 18.3 Å². The molecular formula is C10H10ClNO4S. The monoisotopic (exact) mass is 275 g/mol. The van der Waals surface area contributed by atoms with Gasteiger partial charge < -0.3 is 5.11 Å². The summed E-state index contributed by atoms with van der Waals surface area (Å²) in [7, 11) is -3.26. The summed E-state index contributed by atoms with van der Waals surface area (Å²) >= 11 is 5.79. The lowest BCUT2D eigenvalue weighted by atomic mass is 10.2. The number of benzene rings is 1. The van der Waals surface area contributed by atoms with Crippen molar-refractivity contribution in [1.82, 2.24) is 0 Å². The minimum Gasteiger partial charge on any atom is -0.478 e. The van der Waals surface area contributed by atoms with Gasteiger partial charge in [0.25, 0.3) is 0 Å². The van der Waals surface area contributed by atoms with Gasteiger partial charge in [0.05, 0.1) is 22.0 Å². The molecule has 92 valence electrons. The number of halogens is 1. The van der Waals surface area contributed by atoms with Gasteiger partial charge in [0.15, 0.2) is 0 Å². The van der Waals surface area contributed by atoms with Crippen molar-refractivity contribution >= 4 is 33.3 Å². The van der Waals surface area contributed by atoms with E-state index in [4.69, 9.17) is 16.7 Å². The van der Waals surface area contributed by atoms with E-state index in [0.717, 1.165) is 0 Å². The van der Waals surface area contributed by atoms with E-state index >= 15 is 0 Å². The topological polar surface area (TPSA) is 74.7 Å². The summed E-state index contributed by atoms with van der Waals surface area (Å²) in [6.45, 7) is 0.408. The number of carboxylic acid groups (broad SMARTS) is 1. The molecule has 1 aromatic rings. The molecule has 1 aromatic carbocycles. The fourth-order valence-electron chi connectivity index (χ4n) is 1.76. The van der Waals surface area contributed by atoms with Crippen LogP contribution in [0.3, 0.4) is 0 Å². The third kappa shape index (κ3) is 2.23. The van der Waals surface area contributed by atoms with Crippen molar-refractivity contribution in [1.29, 1.82) is 0 Å². The van der Waals surface area contributed by atoms with Gasteiger partial charge in [-0.2, -0.15) is 0 Å². The van der Waals surface area contributed by atoms with Crippen molar-refractivity contribution in [2.75, 3.05) is 16.6 Å². The average molecular weight is 276 g/mol. The lowest BCUT2D eigenvalue weighted by molar-refractivity contribution is 0.0697. The van der Waals surface area contributed by atoms with Gasteiger partial charge in [-0.3, -0.25) is 4.31 Å². The van der Waals surface area contributed by atoms with Crippen LogP contribution in [0.15, 0.2) is 18.2 Å². The first kappa shape index (κ1) is 12.2. The maximum Gasteiger partial charge on any atom is 0.337 e. The van der Waals surface area contributed by atoms with Gasteiger partial charge in [0, 0.05) is 6.54 Å². The van der Waals surface area contributed by atoms with Gasteiger partial charge in [-0.05, 0) is 24.6 Å². The molecule has 0 saturated carbocycles. The highest BCUT2D eigenvalue weighted by molar-refractivity contribution is 7.93. The van der Waals surface area contributed by atoms with E-state index in [1.807, 2.05) is 0 Å². The third-order valence-electron chi connectivity index (χ3n) is 2.57. The SMILES string of the molecule is O=C(O)c1ccc(N2CCCS2(=O)=O)cc1Cl. The van der Waals surface area contributed by atoms with E-state index in [2.05, 4.69) is 0 Å². The summed E-state index contributed by atoms with van der Waals surface area (Å²) in [5.41, 5.74) is 0.379. The molecule has 1 heterocycles. The van der Waals surface area contributed by atoms with Gasteiger partial charge in [0.2, 0.25) is 10.0 Å². The highest BCUT2D eigenvalue weighted by atomic mass is 35.5. The van der Waals surface area contributed by atoms with Crippen LogP contribution in [0.2, 0.25) is 5.02 Å². The molecule has 0 aliphatic carbocycles. The normalized spacial score (nSPS) is 18.3. The number of hydrogen-bond donors (Lipinski definition) is 1. The molecular weight excluding hydrogens is 266 g/mol. The van der Waals surface area contributed by atoms with Gasteiger partial charge >= 0.3 is 5.97 Å². The molecule has 1 N–H and O–H groups in total. The number of aromatic carboxylic acids is 1. The molecule has 1 aliphatic rings. The minimum absolute atomic E-state index is 0.0352. The molecule has 0 aromatic heterocycles. The number of carbonyl (C=O) groups is 1. The molecule has 0 radical (unpaired) electrons. The molecule has 0 unspecified atom stereocenters. The van der Waals surface area contributed by atoms with Gasteiger partial charge in [-0.1, -0.05) is 11.6 Å².